The molecular weight excluding hydrogens is 284 g/mol. The van der Waals surface area contributed by atoms with E-state index >= 15 is 0 Å². The molecular formula is C17H31F2N3. The van der Waals surface area contributed by atoms with Crippen LogP contribution in [0.2, 0.25) is 0 Å². The molecule has 22 heavy (non-hydrogen) atoms. The van der Waals surface area contributed by atoms with Gasteiger partial charge in [-0.1, -0.05) is 12.8 Å². The smallest absolute Gasteiger partial charge is 0.251 e. The lowest BCUT2D eigenvalue weighted by atomic mass is 10.0. The second-order valence-electron chi connectivity index (χ2n) is 7.53. The average Bonchev–Trinajstić information content (AvgIpc) is 3.13. The Morgan fingerprint density at radius 1 is 0.864 bits per heavy atom. The highest BCUT2D eigenvalue weighted by Crippen LogP contribution is 2.27. The van der Waals surface area contributed by atoms with Gasteiger partial charge in [-0.25, -0.2) is 8.78 Å². The highest BCUT2D eigenvalue weighted by molar-refractivity contribution is 4.87. The minimum absolute atomic E-state index is 0.0503. The maximum atomic E-state index is 12.4. The number of nitrogens with one attached hydrogen (secondary N) is 1. The van der Waals surface area contributed by atoms with E-state index < -0.39 is 6.43 Å². The molecule has 128 valence electrons. The molecule has 0 unspecified atom stereocenters. The first-order valence-electron chi connectivity index (χ1n) is 9.18. The maximum absolute atomic E-state index is 12.4. The third kappa shape index (κ3) is 4.87. The highest BCUT2D eigenvalue weighted by Gasteiger charge is 2.29. The zero-order chi connectivity index (χ0) is 15.4. The molecule has 2 aliphatic heterocycles. The Hall–Kier alpha value is -0.260. The Morgan fingerprint density at radius 2 is 1.50 bits per heavy atom. The molecule has 0 aromatic heterocycles. The molecule has 0 spiro atoms. The zero-order valence-corrected chi connectivity index (χ0v) is 13.7. The standard InChI is InChI=1S/C17H31F2N3/c18-17(19)13-21-8-5-15(6-9-21)20-16-7-10-22(12-16)11-14-3-1-2-4-14/h14-17,20H,1-13H2/t16-/m0/s1. The Labute approximate surface area is 133 Å². The fourth-order valence-electron chi connectivity index (χ4n) is 4.50. The van der Waals surface area contributed by atoms with Gasteiger partial charge in [-0.2, -0.15) is 0 Å². The van der Waals surface area contributed by atoms with Crippen molar-refractivity contribution in [2.75, 3.05) is 39.3 Å². The predicted molar refractivity (Wildman–Crippen MR) is 85.4 cm³/mol. The molecule has 5 heteroatoms. The fourth-order valence-corrected chi connectivity index (χ4v) is 4.50. The summed E-state index contributed by atoms with van der Waals surface area (Å²) in [7, 11) is 0. The van der Waals surface area contributed by atoms with E-state index in [0.717, 1.165) is 31.8 Å². The summed E-state index contributed by atoms with van der Waals surface area (Å²) in [6, 6.07) is 1.15. The second-order valence-corrected chi connectivity index (χ2v) is 7.53. The molecule has 0 aromatic rings. The molecule has 1 N–H and O–H groups in total. The molecule has 2 heterocycles. The monoisotopic (exact) mass is 315 g/mol. The second kappa shape index (κ2) is 8.02. The Morgan fingerprint density at radius 3 is 2.18 bits per heavy atom. The van der Waals surface area contributed by atoms with Crippen molar-refractivity contribution in [3.05, 3.63) is 0 Å². The van der Waals surface area contributed by atoms with Crippen LogP contribution in [0.25, 0.3) is 0 Å². The molecule has 0 radical (unpaired) electrons. The molecule has 1 aliphatic carbocycles. The average molecular weight is 315 g/mol. The molecule has 3 nitrogen and oxygen atoms in total. The van der Waals surface area contributed by atoms with Gasteiger partial charge in [-0.05, 0) is 57.7 Å². The summed E-state index contributed by atoms with van der Waals surface area (Å²) >= 11 is 0. The Balaban J connectivity index is 1.33. The minimum atomic E-state index is -2.19. The van der Waals surface area contributed by atoms with Gasteiger partial charge in [0.2, 0.25) is 0 Å². The normalized spacial score (nSPS) is 29.9. The van der Waals surface area contributed by atoms with E-state index in [4.69, 9.17) is 0 Å². The van der Waals surface area contributed by atoms with E-state index in [2.05, 4.69) is 10.2 Å². The quantitative estimate of drug-likeness (QED) is 0.813. The van der Waals surface area contributed by atoms with Crippen molar-refractivity contribution in [1.82, 2.24) is 15.1 Å². The van der Waals surface area contributed by atoms with E-state index in [1.54, 1.807) is 0 Å². The molecule has 1 atom stereocenters. The van der Waals surface area contributed by atoms with Crippen molar-refractivity contribution >= 4 is 0 Å². The van der Waals surface area contributed by atoms with Crippen LogP contribution in [0.4, 0.5) is 8.78 Å². The van der Waals surface area contributed by atoms with Crippen LogP contribution < -0.4 is 5.32 Å². The van der Waals surface area contributed by atoms with Crippen LogP contribution in [0.5, 0.6) is 0 Å². The van der Waals surface area contributed by atoms with Crippen LogP contribution in [0.3, 0.4) is 0 Å². The number of nitrogens with zero attached hydrogens (tertiary/aromatic N) is 2. The highest BCUT2D eigenvalue weighted by atomic mass is 19.3. The summed E-state index contributed by atoms with van der Waals surface area (Å²) in [5.41, 5.74) is 0. The van der Waals surface area contributed by atoms with Crippen molar-refractivity contribution in [3.63, 3.8) is 0 Å². The molecule has 3 fully saturated rings. The lowest BCUT2D eigenvalue weighted by Gasteiger charge is -2.33. The van der Waals surface area contributed by atoms with Gasteiger partial charge >= 0.3 is 0 Å². The van der Waals surface area contributed by atoms with Gasteiger partial charge in [0, 0.05) is 25.2 Å². The van der Waals surface area contributed by atoms with Crippen molar-refractivity contribution in [1.29, 1.82) is 0 Å². The minimum Gasteiger partial charge on any atom is -0.310 e. The van der Waals surface area contributed by atoms with Gasteiger partial charge < -0.3 is 10.2 Å². The fraction of sp³-hybridized carbons (Fsp3) is 1.00. The van der Waals surface area contributed by atoms with Crippen molar-refractivity contribution < 1.29 is 8.78 Å². The summed E-state index contributed by atoms with van der Waals surface area (Å²) in [5, 5.41) is 3.79. The molecule has 0 amide bonds. The molecule has 0 aromatic carbocycles. The van der Waals surface area contributed by atoms with Gasteiger partial charge in [-0.15, -0.1) is 0 Å². The topological polar surface area (TPSA) is 18.5 Å². The van der Waals surface area contributed by atoms with Crippen LogP contribution in [0, 0.1) is 5.92 Å². The summed E-state index contributed by atoms with van der Waals surface area (Å²) in [6.45, 7) is 5.31. The first-order valence-corrected chi connectivity index (χ1v) is 9.18. The van der Waals surface area contributed by atoms with Crippen molar-refractivity contribution in [3.8, 4) is 0 Å². The molecule has 3 rings (SSSR count). The lowest BCUT2D eigenvalue weighted by Crippen LogP contribution is -2.47. The van der Waals surface area contributed by atoms with Crippen molar-refractivity contribution in [2.24, 2.45) is 5.92 Å². The molecule has 1 saturated carbocycles. The predicted octanol–water partition coefficient (Wildman–Crippen LogP) is 2.57. The number of likely N-dealkylation sites (tertiary alicyclic amines) is 2. The van der Waals surface area contributed by atoms with Crippen molar-refractivity contribution in [2.45, 2.75) is 63.5 Å². The van der Waals surface area contributed by atoms with Gasteiger partial charge in [0.15, 0.2) is 0 Å². The van der Waals surface area contributed by atoms with Crippen LogP contribution >= 0.6 is 0 Å². The number of rotatable bonds is 6. The summed E-state index contributed by atoms with van der Waals surface area (Å²) in [6.07, 6.45) is 6.81. The Bertz CT molecular complexity index is 326. The largest absolute Gasteiger partial charge is 0.310 e. The summed E-state index contributed by atoms with van der Waals surface area (Å²) in [5.74, 6) is 0.941. The first kappa shape index (κ1) is 16.6. The van der Waals surface area contributed by atoms with E-state index in [1.807, 2.05) is 4.90 Å². The Kier molecular flexibility index (Phi) is 6.05. The van der Waals surface area contributed by atoms with Gasteiger partial charge in [0.1, 0.15) is 0 Å². The number of piperidine rings is 1. The van der Waals surface area contributed by atoms with E-state index in [-0.39, 0.29) is 6.54 Å². The third-order valence-electron chi connectivity index (χ3n) is 5.72. The summed E-state index contributed by atoms with van der Waals surface area (Å²) < 4.78 is 24.8. The first-order chi connectivity index (χ1) is 10.7. The molecule has 3 aliphatic rings. The number of halogens is 2. The van der Waals surface area contributed by atoms with Crippen LogP contribution in [-0.4, -0.2) is 67.6 Å². The van der Waals surface area contributed by atoms with Crippen LogP contribution in [-0.2, 0) is 0 Å². The van der Waals surface area contributed by atoms with Crippen LogP contribution in [0.1, 0.15) is 44.9 Å². The van der Waals surface area contributed by atoms with E-state index in [1.165, 1.54) is 51.7 Å². The lowest BCUT2D eigenvalue weighted by molar-refractivity contribution is 0.0721. The SMILES string of the molecule is FC(F)CN1CCC(N[C@H]2CCN(CC3CCCC3)C2)CC1. The number of hydrogen-bond donors (Lipinski definition) is 1. The van der Waals surface area contributed by atoms with E-state index in [0.29, 0.717) is 12.1 Å². The van der Waals surface area contributed by atoms with E-state index in [9.17, 15) is 8.78 Å². The number of alkyl halides is 2. The third-order valence-corrected chi connectivity index (χ3v) is 5.72. The molecule has 0 bridgehead atoms. The summed E-state index contributed by atoms with van der Waals surface area (Å²) in [4.78, 5) is 4.55. The number of hydrogen-bond acceptors (Lipinski definition) is 3. The maximum Gasteiger partial charge on any atom is 0.251 e. The van der Waals surface area contributed by atoms with Gasteiger partial charge in [-0.3, -0.25) is 4.90 Å². The zero-order valence-electron chi connectivity index (χ0n) is 13.7. The molecule has 2 saturated heterocycles. The van der Waals surface area contributed by atoms with Gasteiger partial charge in [0.05, 0.1) is 6.54 Å². The van der Waals surface area contributed by atoms with Crippen LogP contribution in [0.15, 0.2) is 0 Å². The van der Waals surface area contributed by atoms with Gasteiger partial charge in [0.25, 0.3) is 6.43 Å².